The fraction of sp³-hybridized carbons (Fsp3) is 0. The van der Waals surface area contributed by atoms with Crippen molar-refractivity contribution in [1.82, 2.24) is 0 Å². The average Bonchev–Trinajstić information content (AvgIpc) is 2.36. The Bertz CT molecular complexity index is 659. The molecule has 0 unspecified atom stereocenters. The van der Waals surface area contributed by atoms with Crippen LogP contribution in [0.5, 0.6) is 0 Å². The Labute approximate surface area is 109 Å². The van der Waals surface area contributed by atoms with Crippen LogP contribution in [0.25, 0.3) is 0 Å². The molecule has 0 aliphatic rings. The summed E-state index contributed by atoms with van der Waals surface area (Å²) in [5, 5.41) is -0.136. The van der Waals surface area contributed by atoms with E-state index < -0.39 is 15.8 Å². The van der Waals surface area contributed by atoms with Gasteiger partial charge in [-0.25, -0.2) is 12.8 Å². The third-order valence-electron chi connectivity index (χ3n) is 2.25. The van der Waals surface area contributed by atoms with Crippen LogP contribution in [0, 0.1) is 5.82 Å². The second-order valence-corrected chi connectivity index (χ2v) is 5.61. The van der Waals surface area contributed by atoms with E-state index in [0.29, 0.717) is 0 Å². The predicted molar refractivity (Wildman–Crippen MR) is 68.7 cm³/mol. The van der Waals surface area contributed by atoms with Crippen LogP contribution < -0.4 is 4.72 Å². The lowest BCUT2D eigenvalue weighted by atomic mass is 10.3. The monoisotopic (exact) mass is 285 g/mol. The molecule has 0 amide bonds. The average molecular weight is 286 g/mol. The fourth-order valence-electron chi connectivity index (χ4n) is 1.39. The first-order valence-electron chi connectivity index (χ1n) is 5.02. The Morgan fingerprint density at radius 2 is 1.67 bits per heavy atom. The number of benzene rings is 2. The summed E-state index contributed by atoms with van der Waals surface area (Å²) in [5.41, 5.74) is -0.175. The van der Waals surface area contributed by atoms with Crippen molar-refractivity contribution in [3.05, 3.63) is 59.4 Å². The van der Waals surface area contributed by atoms with Crippen LogP contribution >= 0.6 is 11.6 Å². The Kier molecular flexibility index (Phi) is 3.54. The van der Waals surface area contributed by atoms with Gasteiger partial charge in [0.1, 0.15) is 0 Å². The second-order valence-electron chi connectivity index (χ2n) is 3.52. The summed E-state index contributed by atoms with van der Waals surface area (Å²) in [6, 6.07) is 11.8. The maximum Gasteiger partial charge on any atom is 0.261 e. The Hall–Kier alpha value is -1.59. The number of hydrogen-bond acceptors (Lipinski definition) is 2. The first-order valence-corrected chi connectivity index (χ1v) is 6.89. The van der Waals surface area contributed by atoms with E-state index in [9.17, 15) is 12.8 Å². The molecule has 0 saturated heterocycles. The number of rotatable bonds is 3. The summed E-state index contributed by atoms with van der Waals surface area (Å²) in [6.45, 7) is 0. The minimum atomic E-state index is -3.80. The van der Waals surface area contributed by atoms with Crippen LogP contribution in [0.2, 0.25) is 5.02 Å². The third-order valence-corrected chi connectivity index (χ3v) is 3.92. The van der Waals surface area contributed by atoms with Crippen molar-refractivity contribution in [3.8, 4) is 0 Å². The van der Waals surface area contributed by atoms with Crippen molar-refractivity contribution < 1.29 is 12.8 Å². The van der Waals surface area contributed by atoms with Gasteiger partial charge >= 0.3 is 0 Å². The lowest BCUT2D eigenvalue weighted by Gasteiger charge is -2.09. The van der Waals surface area contributed by atoms with Crippen molar-refractivity contribution in [2.45, 2.75) is 4.90 Å². The van der Waals surface area contributed by atoms with Gasteiger partial charge in [-0.15, -0.1) is 0 Å². The number of sulfonamides is 1. The first-order chi connectivity index (χ1) is 8.50. The molecule has 0 fully saturated rings. The van der Waals surface area contributed by atoms with E-state index >= 15 is 0 Å². The highest BCUT2D eigenvalue weighted by atomic mass is 35.5. The van der Waals surface area contributed by atoms with E-state index in [4.69, 9.17) is 11.6 Å². The molecule has 2 aromatic rings. The van der Waals surface area contributed by atoms with E-state index in [0.717, 1.165) is 0 Å². The lowest BCUT2D eigenvalue weighted by Crippen LogP contribution is -2.13. The van der Waals surface area contributed by atoms with Crippen molar-refractivity contribution in [3.63, 3.8) is 0 Å². The zero-order valence-corrected chi connectivity index (χ0v) is 10.7. The van der Waals surface area contributed by atoms with Gasteiger partial charge in [-0.05, 0) is 24.3 Å². The summed E-state index contributed by atoms with van der Waals surface area (Å²) in [6.07, 6.45) is 0. The summed E-state index contributed by atoms with van der Waals surface area (Å²) >= 11 is 5.58. The minimum Gasteiger partial charge on any atom is -0.277 e. The molecule has 0 aliphatic carbocycles. The zero-order valence-electron chi connectivity index (χ0n) is 9.10. The van der Waals surface area contributed by atoms with Gasteiger partial charge < -0.3 is 0 Å². The topological polar surface area (TPSA) is 46.2 Å². The van der Waals surface area contributed by atoms with Gasteiger partial charge in [0.05, 0.1) is 15.6 Å². The molecule has 2 rings (SSSR count). The van der Waals surface area contributed by atoms with Crippen LogP contribution in [-0.4, -0.2) is 8.42 Å². The predicted octanol–water partition coefficient (Wildman–Crippen LogP) is 3.28. The summed E-state index contributed by atoms with van der Waals surface area (Å²) < 4.78 is 39.6. The molecule has 1 N–H and O–H groups in total. The van der Waals surface area contributed by atoms with Gasteiger partial charge in [-0.2, -0.15) is 0 Å². The Morgan fingerprint density at radius 3 is 2.33 bits per heavy atom. The van der Waals surface area contributed by atoms with E-state index in [2.05, 4.69) is 4.72 Å². The van der Waals surface area contributed by atoms with Gasteiger partial charge in [-0.1, -0.05) is 35.9 Å². The number of hydrogen-bond donors (Lipinski definition) is 1. The van der Waals surface area contributed by atoms with E-state index in [-0.39, 0.29) is 15.6 Å². The van der Waals surface area contributed by atoms with Gasteiger partial charge in [0.15, 0.2) is 5.82 Å². The molecule has 0 radical (unpaired) electrons. The molecule has 0 spiro atoms. The van der Waals surface area contributed by atoms with Crippen LogP contribution in [0.3, 0.4) is 0 Å². The summed E-state index contributed by atoms with van der Waals surface area (Å²) in [4.78, 5) is 0.0596. The minimum absolute atomic E-state index is 0.0596. The van der Waals surface area contributed by atoms with Crippen molar-refractivity contribution in [2.75, 3.05) is 4.72 Å². The largest absolute Gasteiger partial charge is 0.277 e. The van der Waals surface area contributed by atoms with Crippen LogP contribution in [0.4, 0.5) is 10.1 Å². The molecule has 0 aliphatic heterocycles. The number of anilines is 1. The molecule has 0 atom stereocenters. The standard InChI is InChI=1S/C12H9ClFNO2S/c13-10-7-4-8-11(12(10)14)15-18(16,17)9-5-2-1-3-6-9/h1-8,15H. The van der Waals surface area contributed by atoms with Crippen LogP contribution in [0.1, 0.15) is 0 Å². The summed E-state index contributed by atoms with van der Waals surface area (Å²) in [7, 11) is -3.80. The van der Waals surface area contributed by atoms with Crippen molar-refractivity contribution >= 4 is 27.3 Å². The molecule has 2 aromatic carbocycles. The highest BCUT2D eigenvalue weighted by molar-refractivity contribution is 7.92. The van der Waals surface area contributed by atoms with Gasteiger partial charge in [0, 0.05) is 0 Å². The van der Waals surface area contributed by atoms with Crippen LogP contribution in [0.15, 0.2) is 53.4 Å². The SMILES string of the molecule is O=S(=O)(Nc1cccc(Cl)c1F)c1ccccc1. The normalized spacial score (nSPS) is 11.2. The molecule has 0 saturated carbocycles. The zero-order chi connectivity index (χ0) is 13.2. The van der Waals surface area contributed by atoms with Gasteiger partial charge in [-0.3, -0.25) is 4.72 Å². The number of halogens is 2. The summed E-state index contributed by atoms with van der Waals surface area (Å²) in [5.74, 6) is -0.793. The smallest absolute Gasteiger partial charge is 0.261 e. The molecule has 6 heteroatoms. The van der Waals surface area contributed by atoms with E-state index in [1.165, 1.54) is 30.3 Å². The van der Waals surface area contributed by atoms with Gasteiger partial charge in [0.25, 0.3) is 10.0 Å². The molecular formula is C12H9ClFNO2S. The molecule has 3 nitrogen and oxygen atoms in total. The van der Waals surface area contributed by atoms with E-state index in [1.807, 2.05) is 0 Å². The molecule has 94 valence electrons. The van der Waals surface area contributed by atoms with Crippen molar-refractivity contribution in [2.24, 2.45) is 0 Å². The Balaban J connectivity index is 2.37. The van der Waals surface area contributed by atoms with Crippen LogP contribution in [-0.2, 0) is 10.0 Å². The molecule has 18 heavy (non-hydrogen) atoms. The number of nitrogens with one attached hydrogen (secondary N) is 1. The van der Waals surface area contributed by atoms with Gasteiger partial charge in [0.2, 0.25) is 0 Å². The second kappa shape index (κ2) is 4.96. The Morgan fingerprint density at radius 1 is 1.00 bits per heavy atom. The maximum absolute atomic E-state index is 13.6. The third kappa shape index (κ3) is 2.63. The van der Waals surface area contributed by atoms with Crippen molar-refractivity contribution in [1.29, 1.82) is 0 Å². The molecule has 0 bridgehead atoms. The highest BCUT2D eigenvalue weighted by Crippen LogP contribution is 2.24. The lowest BCUT2D eigenvalue weighted by molar-refractivity contribution is 0.598. The quantitative estimate of drug-likeness (QED) is 0.941. The maximum atomic E-state index is 13.6. The molecular weight excluding hydrogens is 277 g/mol. The highest BCUT2D eigenvalue weighted by Gasteiger charge is 2.16. The first kappa shape index (κ1) is 12.9. The fourth-order valence-corrected chi connectivity index (χ4v) is 2.64. The molecule has 0 aromatic heterocycles. The molecule has 0 heterocycles. The van der Waals surface area contributed by atoms with E-state index in [1.54, 1.807) is 18.2 Å².